The van der Waals surface area contributed by atoms with Gasteiger partial charge >= 0.3 is 0 Å². The van der Waals surface area contributed by atoms with Crippen LogP contribution in [0.3, 0.4) is 0 Å². The standard InChI is InChI=1S/C18H20N2O3/c1-20(2)10-6-9-13-15-14(17(21)19-18(15)22)11-7-4-5-8-12(11)16(13)23-3/h4-5,7-8H,6,9-10H2,1-3H3,(H,19,21,22). The lowest BCUT2D eigenvalue weighted by molar-refractivity contribution is 0.0880. The number of nitrogens with one attached hydrogen (secondary N) is 1. The molecule has 0 saturated carbocycles. The summed E-state index contributed by atoms with van der Waals surface area (Å²) in [5, 5.41) is 4.06. The second-order valence-electron chi connectivity index (χ2n) is 6.00. The molecule has 2 aromatic carbocycles. The molecule has 1 aliphatic heterocycles. The van der Waals surface area contributed by atoms with Crippen LogP contribution in [-0.4, -0.2) is 44.5 Å². The number of rotatable bonds is 5. The quantitative estimate of drug-likeness (QED) is 0.860. The van der Waals surface area contributed by atoms with Gasteiger partial charge in [0.15, 0.2) is 0 Å². The van der Waals surface area contributed by atoms with E-state index in [9.17, 15) is 9.59 Å². The van der Waals surface area contributed by atoms with Crippen molar-refractivity contribution in [2.75, 3.05) is 27.7 Å². The predicted octanol–water partition coefficient (Wildman–Crippen LogP) is 2.23. The van der Waals surface area contributed by atoms with E-state index in [1.54, 1.807) is 7.11 Å². The van der Waals surface area contributed by atoms with Gasteiger partial charge in [-0.15, -0.1) is 0 Å². The van der Waals surface area contributed by atoms with Crippen LogP contribution in [0, 0.1) is 0 Å². The van der Waals surface area contributed by atoms with Crippen LogP contribution >= 0.6 is 0 Å². The first kappa shape index (κ1) is 15.5. The maximum Gasteiger partial charge on any atom is 0.259 e. The summed E-state index contributed by atoms with van der Waals surface area (Å²) in [5.74, 6) is 0.0505. The molecule has 120 valence electrons. The summed E-state index contributed by atoms with van der Waals surface area (Å²) in [4.78, 5) is 26.6. The fourth-order valence-corrected chi connectivity index (χ4v) is 3.22. The molecule has 5 heteroatoms. The minimum absolute atomic E-state index is 0.322. The molecule has 0 saturated heterocycles. The summed E-state index contributed by atoms with van der Waals surface area (Å²) in [7, 11) is 5.63. The van der Waals surface area contributed by atoms with Gasteiger partial charge in [-0.3, -0.25) is 14.9 Å². The minimum atomic E-state index is -0.325. The van der Waals surface area contributed by atoms with Gasteiger partial charge in [-0.25, -0.2) is 0 Å². The lowest BCUT2D eigenvalue weighted by atomic mass is 9.91. The zero-order chi connectivity index (χ0) is 16.6. The van der Waals surface area contributed by atoms with Crippen molar-refractivity contribution in [1.29, 1.82) is 0 Å². The molecule has 1 N–H and O–H groups in total. The van der Waals surface area contributed by atoms with Crippen LogP contribution < -0.4 is 10.1 Å². The molecule has 1 heterocycles. The van der Waals surface area contributed by atoms with Crippen LogP contribution in [0.5, 0.6) is 5.75 Å². The lowest BCUT2D eigenvalue weighted by Crippen LogP contribution is -2.20. The number of imide groups is 1. The SMILES string of the molecule is COc1c(CCCN(C)C)c2c(c3ccccc13)C(=O)NC2=O. The highest BCUT2D eigenvalue weighted by molar-refractivity contribution is 6.28. The minimum Gasteiger partial charge on any atom is -0.496 e. The van der Waals surface area contributed by atoms with Gasteiger partial charge in [0.05, 0.1) is 18.2 Å². The van der Waals surface area contributed by atoms with Crippen LogP contribution in [0.15, 0.2) is 24.3 Å². The number of nitrogens with zero attached hydrogens (tertiary/aromatic N) is 1. The normalized spacial score (nSPS) is 13.6. The predicted molar refractivity (Wildman–Crippen MR) is 89.2 cm³/mol. The van der Waals surface area contributed by atoms with Crippen molar-refractivity contribution in [1.82, 2.24) is 10.2 Å². The molecule has 2 amide bonds. The van der Waals surface area contributed by atoms with E-state index in [4.69, 9.17) is 4.74 Å². The van der Waals surface area contributed by atoms with Crippen molar-refractivity contribution in [3.63, 3.8) is 0 Å². The number of amides is 2. The van der Waals surface area contributed by atoms with Crippen molar-refractivity contribution in [3.8, 4) is 5.75 Å². The van der Waals surface area contributed by atoms with Gasteiger partial charge in [0.2, 0.25) is 0 Å². The maximum absolute atomic E-state index is 12.3. The third-order valence-electron chi connectivity index (χ3n) is 4.18. The van der Waals surface area contributed by atoms with Gasteiger partial charge in [-0.2, -0.15) is 0 Å². The van der Waals surface area contributed by atoms with E-state index < -0.39 is 0 Å². The van der Waals surface area contributed by atoms with Gasteiger partial charge in [-0.1, -0.05) is 24.3 Å². The Morgan fingerprint density at radius 1 is 1.04 bits per heavy atom. The number of carbonyl (C=O) groups excluding carboxylic acids is 2. The zero-order valence-electron chi connectivity index (χ0n) is 13.6. The fourth-order valence-electron chi connectivity index (χ4n) is 3.22. The number of benzene rings is 2. The fraction of sp³-hybridized carbons (Fsp3) is 0.333. The maximum atomic E-state index is 12.3. The zero-order valence-corrected chi connectivity index (χ0v) is 13.6. The van der Waals surface area contributed by atoms with Crippen molar-refractivity contribution >= 4 is 22.6 Å². The molecular weight excluding hydrogens is 292 g/mol. The molecular formula is C18H20N2O3. The van der Waals surface area contributed by atoms with Crippen molar-refractivity contribution < 1.29 is 14.3 Å². The largest absolute Gasteiger partial charge is 0.496 e. The average molecular weight is 312 g/mol. The second kappa shape index (κ2) is 6.01. The second-order valence-corrected chi connectivity index (χ2v) is 6.00. The third kappa shape index (κ3) is 2.57. The molecule has 0 atom stereocenters. The van der Waals surface area contributed by atoms with Crippen LogP contribution in [0.4, 0.5) is 0 Å². The Kier molecular flexibility index (Phi) is 4.05. The molecule has 5 nitrogen and oxygen atoms in total. The summed E-state index contributed by atoms with van der Waals surface area (Å²) in [6, 6.07) is 7.57. The van der Waals surface area contributed by atoms with Gasteiger partial charge in [0.25, 0.3) is 11.8 Å². The molecule has 0 aliphatic carbocycles. The average Bonchev–Trinajstić information content (AvgIpc) is 2.82. The molecule has 3 rings (SSSR count). The molecule has 0 unspecified atom stereocenters. The van der Waals surface area contributed by atoms with Crippen LogP contribution in [0.25, 0.3) is 10.8 Å². The summed E-state index contributed by atoms with van der Waals surface area (Å²) in [6.45, 7) is 0.903. The van der Waals surface area contributed by atoms with E-state index >= 15 is 0 Å². The Morgan fingerprint density at radius 3 is 2.35 bits per heavy atom. The molecule has 0 radical (unpaired) electrons. The highest BCUT2D eigenvalue weighted by atomic mass is 16.5. The Hall–Kier alpha value is -2.40. The van der Waals surface area contributed by atoms with Gasteiger partial charge in [0, 0.05) is 10.9 Å². The summed E-state index contributed by atoms with van der Waals surface area (Å²) < 4.78 is 5.62. The number of methoxy groups -OCH3 is 1. The van der Waals surface area contributed by atoms with E-state index in [0.29, 0.717) is 23.3 Å². The van der Waals surface area contributed by atoms with Crippen LogP contribution in [0.2, 0.25) is 0 Å². The molecule has 1 aliphatic rings. The highest BCUT2D eigenvalue weighted by Gasteiger charge is 2.34. The molecule has 2 aromatic rings. The summed E-state index contributed by atoms with van der Waals surface area (Å²) in [5.41, 5.74) is 1.78. The monoisotopic (exact) mass is 312 g/mol. The van der Waals surface area contributed by atoms with Gasteiger partial charge in [0.1, 0.15) is 5.75 Å². The molecule has 0 spiro atoms. The number of hydrogen-bond acceptors (Lipinski definition) is 4. The number of fused-ring (bicyclic) bond motifs is 3. The van der Waals surface area contributed by atoms with Gasteiger partial charge in [-0.05, 0) is 38.9 Å². The molecule has 23 heavy (non-hydrogen) atoms. The van der Waals surface area contributed by atoms with Crippen LogP contribution in [0.1, 0.15) is 32.7 Å². The van der Waals surface area contributed by atoms with E-state index in [2.05, 4.69) is 10.2 Å². The van der Waals surface area contributed by atoms with E-state index in [0.717, 1.165) is 29.3 Å². The Bertz CT molecular complexity index is 796. The molecule has 0 fully saturated rings. The first-order valence-corrected chi connectivity index (χ1v) is 7.66. The topological polar surface area (TPSA) is 58.6 Å². The summed E-state index contributed by atoms with van der Waals surface area (Å²) in [6.07, 6.45) is 1.57. The summed E-state index contributed by atoms with van der Waals surface area (Å²) >= 11 is 0. The Morgan fingerprint density at radius 2 is 1.70 bits per heavy atom. The van der Waals surface area contributed by atoms with E-state index in [-0.39, 0.29) is 11.8 Å². The first-order valence-electron chi connectivity index (χ1n) is 7.66. The smallest absolute Gasteiger partial charge is 0.259 e. The third-order valence-corrected chi connectivity index (χ3v) is 4.18. The Labute approximate surface area is 135 Å². The number of hydrogen-bond donors (Lipinski definition) is 1. The van der Waals surface area contributed by atoms with E-state index in [1.807, 2.05) is 38.4 Å². The molecule has 0 aromatic heterocycles. The Balaban J connectivity index is 2.23. The van der Waals surface area contributed by atoms with E-state index in [1.165, 1.54) is 0 Å². The lowest BCUT2D eigenvalue weighted by Gasteiger charge is -2.16. The van der Waals surface area contributed by atoms with Crippen LogP contribution in [-0.2, 0) is 6.42 Å². The van der Waals surface area contributed by atoms with Gasteiger partial charge < -0.3 is 9.64 Å². The first-order chi connectivity index (χ1) is 11.0. The van der Waals surface area contributed by atoms with Crippen molar-refractivity contribution in [2.45, 2.75) is 12.8 Å². The number of ether oxygens (including phenoxy) is 1. The van der Waals surface area contributed by atoms with Crippen molar-refractivity contribution in [3.05, 3.63) is 41.0 Å². The molecule has 0 bridgehead atoms. The van der Waals surface area contributed by atoms with Crippen molar-refractivity contribution in [2.24, 2.45) is 0 Å². The number of carbonyl (C=O) groups is 2. The highest BCUT2D eigenvalue weighted by Crippen LogP contribution is 2.38.